The first-order chi connectivity index (χ1) is 11.4. The molecule has 1 saturated heterocycles. The van der Waals surface area contributed by atoms with Crippen molar-refractivity contribution in [3.05, 3.63) is 65.7 Å². The molecule has 24 heavy (non-hydrogen) atoms. The smallest absolute Gasteiger partial charge is 0.322 e. The topological polar surface area (TPSA) is 104 Å². The van der Waals surface area contributed by atoms with Gasteiger partial charge in [-0.25, -0.2) is 13.2 Å². The molecular weight excluding hydrogens is 330 g/mol. The molecule has 0 spiro atoms. The molecule has 3 rings (SSSR count). The third-order valence-corrected chi connectivity index (χ3v) is 4.75. The van der Waals surface area contributed by atoms with Gasteiger partial charge in [0.05, 0.1) is 5.75 Å². The molecule has 2 aromatic rings. The molecule has 3 N–H and O–H groups in total. The third kappa shape index (κ3) is 3.72. The molecule has 124 valence electrons. The maximum absolute atomic E-state index is 12.2. The van der Waals surface area contributed by atoms with Crippen molar-refractivity contribution in [2.24, 2.45) is 0 Å². The SMILES string of the molecule is O=C1NC(=O)C(c2ccc(NS(=O)(=O)Cc3ccccc3)cc2)N1. The van der Waals surface area contributed by atoms with Gasteiger partial charge >= 0.3 is 6.03 Å². The summed E-state index contributed by atoms with van der Waals surface area (Å²) in [5, 5.41) is 4.63. The average molecular weight is 345 g/mol. The van der Waals surface area contributed by atoms with Crippen molar-refractivity contribution in [3.63, 3.8) is 0 Å². The lowest BCUT2D eigenvalue weighted by Crippen LogP contribution is -2.22. The van der Waals surface area contributed by atoms with Gasteiger partial charge in [-0.2, -0.15) is 0 Å². The minimum Gasteiger partial charge on any atom is -0.322 e. The normalized spacial score (nSPS) is 17.2. The zero-order valence-corrected chi connectivity index (χ0v) is 13.3. The molecule has 1 aliphatic rings. The molecule has 8 heteroatoms. The maximum Gasteiger partial charge on any atom is 0.322 e. The van der Waals surface area contributed by atoms with Gasteiger partial charge in [0.25, 0.3) is 5.91 Å². The molecule has 0 radical (unpaired) electrons. The summed E-state index contributed by atoms with van der Waals surface area (Å²) in [6, 6.07) is 13.8. The summed E-state index contributed by atoms with van der Waals surface area (Å²) in [4.78, 5) is 22.7. The number of benzene rings is 2. The summed E-state index contributed by atoms with van der Waals surface area (Å²) in [5.74, 6) is -0.561. The molecular formula is C16H15N3O4S. The molecule has 1 fully saturated rings. The summed E-state index contributed by atoms with van der Waals surface area (Å²) in [7, 11) is -3.54. The van der Waals surface area contributed by atoms with Crippen LogP contribution in [-0.4, -0.2) is 20.4 Å². The van der Waals surface area contributed by atoms with Gasteiger partial charge in [-0.3, -0.25) is 14.8 Å². The number of carbonyl (C=O) groups is 2. The van der Waals surface area contributed by atoms with E-state index in [1.807, 2.05) is 6.07 Å². The number of hydrogen-bond acceptors (Lipinski definition) is 4. The van der Waals surface area contributed by atoms with Crippen LogP contribution in [0, 0.1) is 0 Å². The Hall–Kier alpha value is -2.87. The second kappa shape index (κ2) is 6.32. The second-order valence-corrected chi connectivity index (χ2v) is 7.09. The van der Waals surface area contributed by atoms with E-state index >= 15 is 0 Å². The molecule has 0 saturated carbocycles. The Morgan fingerprint density at radius 1 is 0.958 bits per heavy atom. The monoisotopic (exact) mass is 345 g/mol. The molecule has 3 amide bonds. The van der Waals surface area contributed by atoms with E-state index in [2.05, 4.69) is 15.4 Å². The van der Waals surface area contributed by atoms with E-state index in [9.17, 15) is 18.0 Å². The molecule has 1 atom stereocenters. The number of anilines is 1. The lowest BCUT2D eigenvalue weighted by molar-refractivity contribution is -0.120. The lowest BCUT2D eigenvalue weighted by Gasteiger charge is -2.11. The zero-order valence-electron chi connectivity index (χ0n) is 12.5. The van der Waals surface area contributed by atoms with E-state index in [0.717, 1.165) is 0 Å². The van der Waals surface area contributed by atoms with Crippen LogP contribution in [0.4, 0.5) is 10.5 Å². The summed E-state index contributed by atoms with van der Waals surface area (Å²) < 4.78 is 26.8. The number of carbonyl (C=O) groups excluding carboxylic acids is 2. The number of hydrogen-bond donors (Lipinski definition) is 3. The molecule has 0 aliphatic carbocycles. The highest BCUT2D eigenvalue weighted by atomic mass is 32.2. The van der Waals surface area contributed by atoms with Crippen molar-refractivity contribution in [2.75, 3.05) is 4.72 Å². The second-order valence-electron chi connectivity index (χ2n) is 5.36. The number of rotatable bonds is 5. The van der Waals surface area contributed by atoms with Gasteiger partial charge in [0.15, 0.2) is 0 Å². The number of nitrogens with one attached hydrogen (secondary N) is 3. The molecule has 1 unspecified atom stereocenters. The third-order valence-electron chi connectivity index (χ3n) is 3.49. The van der Waals surface area contributed by atoms with Crippen molar-refractivity contribution >= 4 is 27.6 Å². The van der Waals surface area contributed by atoms with Crippen molar-refractivity contribution in [1.82, 2.24) is 10.6 Å². The van der Waals surface area contributed by atoms with Gasteiger partial charge in [0, 0.05) is 5.69 Å². The minimum absolute atomic E-state index is 0.128. The fraction of sp³-hybridized carbons (Fsp3) is 0.125. The quantitative estimate of drug-likeness (QED) is 0.714. The van der Waals surface area contributed by atoms with Crippen LogP contribution in [-0.2, 0) is 20.6 Å². The highest BCUT2D eigenvalue weighted by Crippen LogP contribution is 2.20. The Bertz CT molecular complexity index is 864. The highest BCUT2D eigenvalue weighted by Gasteiger charge is 2.30. The Kier molecular flexibility index (Phi) is 4.22. The van der Waals surface area contributed by atoms with Crippen LogP contribution in [0.15, 0.2) is 54.6 Å². The van der Waals surface area contributed by atoms with E-state index in [4.69, 9.17) is 0 Å². The van der Waals surface area contributed by atoms with Crippen LogP contribution in [0.1, 0.15) is 17.2 Å². The van der Waals surface area contributed by atoms with Crippen LogP contribution >= 0.6 is 0 Å². The molecule has 1 heterocycles. The minimum atomic E-state index is -3.54. The Morgan fingerprint density at radius 3 is 2.21 bits per heavy atom. The number of urea groups is 1. The summed E-state index contributed by atoms with van der Waals surface area (Å²) in [6.45, 7) is 0. The van der Waals surface area contributed by atoms with Crippen LogP contribution < -0.4 is 15.4 Å². The van der Waals surface area contributed by atoms with Crippen molar-refractivity contribution in [2.45, 2.75) is 11.8 Å². The van der Waals surface area contributed by atoms with Crippen molar-refractivity contribution in [1.29, 1.82) is 0 Å². The van der Waals surface area contributed by atoms with Crippen LogP contribution in [0.3, 0.4) is 0 Å². The van der Waals surface area contributed by atoms with E-state index in [0.29, 0.717) is 16.8 Å². The predicted molar refractivity (Wildman–Crippen MR) is 88.5 cm³/mol. The Balaban J connectivity index is 1.70. The number of imide groups is 1. The molecule has 1 aliphatic heterocycles. The van der Waals surface area contributed by atoms with Crippen LogP contribution in [0.5, 0.6) is 0 Å². The first-order valence-corrected chi connectivity index (χ1v) is 8.84. The molecule has 0 aromatic heterocycles. The van der Waals surface area contributed by atoms with E-state index in [1.54, 1.807) is 48.5 Å². The lowest BCUT2D eigenvalue weighted by atomic mass is 10.1. The summed E-state index contributed by atoms with van der Waals surface area (Å²) in [5.41, 5.74) is 1.65. The number of amides is 3. The standard InChI is InChI=1S/C16H15N3O4S/c20-15-14(17-16(21)18-15)12-6-8-13(9-7-12)19-24(22,23)10-11-4-2-1-3-5-11/h1-9,14,19H,10H2,(H2,17,18,20,21). The highest BCUT2D eigenvalue weighted by molar-refractivity contribution is 7.91. The predicted octanol–water partition coefficient (Wildman–Crippen LogP) is 1.51. The first-order valence-electron chi connectivity index (χ1n) is 7.19. The van der Waals surface area contributed by atoms with Crippen LogP contribution in [0.25, 0.3) is 0 Å². The van der Waals surface area contributed by atoms with Gasteiger partial charge in [0.2, 0.25) is 10.0 Å². The van der Waals surface area contributed by atoms with E-state index in [-0.39, 0.29) is 5.75 Å². The van der Waals surface area contributed by atoms with Crippen LogP contribution in [0.2, 0.25) is 0 Å². The summed E-state index contributed by atoms with van der Waals surface area (Å²) >= 11 is 0. The first kappa shape index (κ1) is 16.0. The molecule has 2 aromatic carbocycles. The van der Waals surface area contributed by atoms with Crippen molar-refractivity contribution in [3.8, 4) is 0 Å². The summed E-state index contributed by atoms with van der Waals surface area (Å²) in [6.07, 6.45) is 0. The molecule has 7 nitrogen and oxygen atoms in total. The average Bonchev–Trinajstić information content (AvgIpc) is 2.87. The maximum atomic E-state index is 12.2. The fourth-order valence-electron chi connectivity index (χ4n) is 2.40. The van der Waals surface area contributed by atoms with E-state index in [1.165, 1.54) is 0 Å². The van der Waals surface area contributed by atoms with Gasteiger partial charge in [-0.15, -0.1) is 0 Å². The van der Waals surface area contributed by atoms with Crippen molar-refractivity contribution < 1.29 is 18.0 Å². The molecule has 0 bridgehead atoms. The zero-order chi connectivity index (χ0) is 17.2. The van der Waals surface area contributed by atoms with Gasteiger partial charge in [-0.1, -0.05) is 42.5 Å². The fourth-order valence-corrected chi connectivity index (χ4v) is 3.60. The largest absolute Gasteiger partial charge is 0.322 e. The Labute approximate surface area is 139 Å². The van der Waals surface area contributed by atoms with Gasteiger partial charge in [0.1, 0.15) is 6.04 Å². The van der Waals surface area contributed by atoms with Gasteiger partial charge < -0.3 is 5.32 Å². The van der Waals surface area contributed by atoms with E-state index < -0.39 is 28.0 Å². The Morgan fingerprint density at radius 2 is 1.62 bits per heavy atom. The number of sulfonamides is 1. The van der Waals surface area contributed by atoms with Gasteiger partial charge in [-0.05, 0) is 23.3 Å².